The number of carbonyl (C=O) groups excluding carboxylic acids is 1. The van der Waals surface area contributed by atoms with Gasteiger partial charge in [-0.3, -0.25) is 9.69 Å². The summed E-state index contributed by atoms with van der Waals surface area (Å²) < 4.78 is 23.5. The van der Waals surface area contributed by atoms with Gasteiger partial charge in [-0.2, -0.15) is 0 Å². The number of halogens is 1. The Morgan fingerprint density at radius 2 is 1.88 bits per heavy atom. The van der Waals surface area contributed by atoms with Gasteiger partial charge in [-0.15, -0.1) is 12.4 Å². The van der Waals surface area contributed by atoms with Crippen LogP contribution < -0.4 is 5.32 Å². The smallest absolute Gasteiger partial charge is 0.254 e. The quantitative estimate of drug-likeness (QED) is 0.835. The molecule has 0 radical (unpaired) electrons. The van der Waals surface area contributed by atoms with Crippen LogP contribution in [0.1, 0.15) is 22.3 Å². The Morgan fingerprint density at radius 3 is 2.52 bits per heavy atom. The molecule has 8 heteroatoms. The second kappa shape index (κ2) is 8.03. The van der Waals surface area contributed by atoms with Gasteiger partial charge in [-0.05, 0) is 31.0 Å². The van der Waals surface area contributed by atoms with E-state index in [0.717, 1.165) is 51.3 Å². The largest absolute Gasteiger partial charge is 0.337 e. The minimum absolute atomic E-state index is 0. The number of aryl methyl sites for hydroxylation is 1. The zero-order valence-electron chi connectivity index (χ0n) is 14.7. The highest BCUT2D eigenvalue weighted by Crippen LogP contribution is 2.22. The van der Waals surface area contributed by atoms with Crippen molar-refractivity contribution in [3.05, 3.63) is 29.3 Å². The van der Waals surface area contributed by atoms with E-state index in [9.17, 15) is 13.2 Å². The Balaban J connectivity index is 0.00000225. The van der Waals surface area contributed by atoms with Crippen molar-refractivity contribution in [3.63, 3.8) is 0 Å². The number of hydrogen-bond acceptors (Lipinski definition) is 5. The van der Waals surface area contributed by atoms with E-state index in [4.69, 9.17) is 0 Å². The highest BCUT2D eigenvalue weighted by atomic mass is 35.5. The van der Waals surface area contributed by atoms with Crippen molar-refractivity contribution in [3.8, 4) is 0 Å². The topological polar surface area (TPSA) is 69.7 Å². The molecule has 140 valence electrons. The Morgan fingerprint density at radius 1 is 1.20 bits per heavy atom. The third kappa shape index (κ3) is 4.53. The highest BCUT2D eigenvalue weighted by Gasteiger charge is 2.32. The number of hydrogen-bond donors (Lipinski definition) is 1. The summed E-state index contributed by atoms with van der Waals surface area (Å²) in [6, 6.07) is 5.21. The molecule has 0 spiro atoms. The maximum atomic E-state index is 12.9. The molecule has 1 N–H and O–H groups in total. The van der Waals surface area contributed by atoms with E-state index >= 15 is 0 Å². The number of likely N-dealkylation sites (tertiary alicyclic amines) is 1. The average molecular weight is 388 g/mol. The minimum atomic E-state index is -3.31. The molecule has 25 heavy (non-hydrogen) atoms. The van der Waals surface area contributed by atoms with Crippen LogP contribution in [-0.2, 0) is 9.84 Å². The number of nitrogens with one attached hydrogen (secondary N) is 1. The molecule has 0 aromatic heterocycles. The van der Waals surface area contributed by atoms with Gasteiger partial charge in [-0.25, -0.2) is 8.42 Å². The molecule has 1 aromatic carbocycles. The van der Waals surface area contributed by atoms with Gasteiger partial charge in [0.05, 0.1) is 4.90 Å². The van der Waals surface area contributed by atoms with Gasteiger partial charge in [0, 0.05) is 57.1 Å². The summed E-state index contributed by atoms with van der Waals surface area (Å²) in [5, 5.41) is 3.35. The Kier molecular flexibility index (Phi) is 6.48. The van der Waals surface area contributed by atoms with Gasteiger partial charge in [-0.1, -0.05) is 6.07 Å². The fourth-order valence-electron chi connectivity index (χ4n) is 3.50. The molecule has 0 bridgehead atoms. The standard InChI is InChI=1S/C17H25N3O3S.ClH/c1-13-3-4-15(24(2,22)23)11-16(13)17(21)20-8-5-14(12-20)19-9-6-18-7-10-19;/h3-4,11,14,18H,5-10,12H2,1-2H3;1H. The number of piperazine rings is 1. The monoisotopic (exact) mass is 387 g/mol. The summed E-state index contributed by atoms with van der Waals surface area (Å²) in [5.41, 5.74) is 1.32. The molecule has 1 unspecified atom stereocenters. The van der Waals surface area contributed by atoms with Crippen LogP contribution in [0.4, 0.5) is 0 Å². The maximum Gasteiger partial charge on any atom is 0.254 e. The highest BCUT2D eigenvalue weighted by molar-refractivity contribution is 7.90. The van der Waals surface area contributed by atoms with E-state index in [-0.39, 0.29) is 23.2 Å². The van der Waals surface area contributed by atoms with Gasteiger partial charge in [0.15, 0.2) is 9.84 Å². The van der Waals surface area contributed by atoms with Gasteiger partial charge in [0.25, 0.3) is 5.91 Å². The van der Waals surface area contributed by atoms with Crippen LogP contribution in [0.2, 0.25) is 0 Å². The average Bonchev–Trinajstić information content (AvgIpc) is 3.04. The Labute approximate surface area is 155 Å². The van der Waals surface area contributed by atoms with Crippen molar-refractivity contribution in [2.75, 3.05) is 45.5 Å². The molecule has 2 fully saturated rings. The predicted octanol–water partition coefficient (Wildman–Crippen LogP) is 0.940. The van der Waals surface area contributed by atoms with Gasteiger partial charge >= 0.3 is 0 Å². The summed E-state index contributed by atoms with van der Waals surface area (Å²) in [5.74, 6) is -0.0596. The van der Waals surface area contributed by atoms with Crippen LogP contribution in [0.25, 0.3) is 0 Å². The zero-order valence-corrected chi connectivity index (χ0v) is 16.3. The number of benzene rings is 1. The first-order valence-corrected chi connectivity index (χ1v) is 10.3. The van der Waals surface area contributed by atoms with Gasteiger partial charge in [0.1, 0.15) is 0 Å². The molecular formula is C17H26ClN3O3S. The molecule has 2 aliphatic heterocycles. The third-order valence-corrected chi connectivity index (χ3v) is 6.10. The molecule has 6 nitrogen and oxygen atoms in total. The summed E-state index contributed by atoms with van der Waals surface area (Å²) in [6.07, 6.45) is 2.15. The molecule has 1 aromatic rings. The summed E-state index contributed by atoms with van der Waals surface area (Å²) in [6.45, 7) is 7.35. The van der Waals surface area contributed by atoms with E-state index in [2.05, 4.69) is 10.2 Å². The molecule has 1 atom stereocenters. The van der Waals surface area contributed by atoms with E-state index in [1.807, 2.05) is 11.8 Å². The van der Waals surface area contributed by atoms with E-state index in [0.29, 0.717) is 11.6 Å². The van der Waals surface area contributed by atoms with Crippen molar-refractivity contribution >= 4 is 28.2 Å². The van der Waals surface area contributed by atoms with Crippen molar-refractivity contribution < 1.29 is 13.2 Å². The van der Waals surface area contributed by atoms with E-state index < -0.39 is 9.84 Å². The molecule has 2 saturated heterocycles. The first-order valence-electron chi connectivity index (χ1n) is 8.41. The zero-order chi connectivity index (χ0) is 17.3. The first-order chi connectivity index (χ1) is 11.4. The lowest BCUT2D eigenvalue weighted by atomic mass is 10.1. The van der Waals surface area contributed by atoms with Crippen LogP contribution >= 0.6 is 12.4 Å². The van der Waals surface area contributed by atoms with Crippen LogP contribution in [-0.4, -0.2) is 75.7 Å². The van der Waals surface area contributed by atoms with Crippen LogP contribution in [0.15, 0.2) is 23.1 Å². The predicted molar refractivity (Wildman–Crippen MR) is 100 cm³/mol. The second-order valence-corrected chi connectivity index (χ2v) is 8.74. The number of carbonyl (C=O) groups is 1. The summed E-state index contributed by atoms with van der Waals surface area (Å²) >= 11 is 0. The van der Waals surface area contributed by atoms with Gasteiger partial charge < -0.3 is 10.2 Å². The molecule has 0 aliphatic carbocycles. The maximum absolute atomic E-state index is 12.9. The van der Waals surface area contributed by atoms with Crippen molar-refractivity contribution in [1.82, 2.24) is 15.1 Å². The molecule has 2 heterocycles. The molecule has 2 aliphatic rings. The van der Waals surface area contributed by atoms with Gasteiger partial charge in [0.2, 0.25) is 0 Å². The van der Waals surface area contributed by atoms with E-state index in [1.165, 1.54) is 12.3 Å². The molecule has 1 amide bonds. The normalized spacial score (nSPS) is 21.8. The molecular weight excluding hydrogens is 362 g/mol. The number of nitrogens with zero attached hydrogens (tertiary/aromatic N) is 2. The fourth-order valence-corrected chi connectivity index (χ4v) is 4.15. The van der Waals surface area contributed by atoms with Crippen LogP contribution in [0, 0.1) is 6.92 Å². The third-order valence-electron chi connectivity index (χ3n) is 4.99. The van der Waals surface area contributed by atoms with Crippen LogP contribution in [0.5, 0.6) is 0 Å². The Hall–Kier alpha value is -1.15. The lowest BCUT2D eigenvalue weighted by Gasteiger charge is -2.32. The van der Waals surface area contributed by atoms with Crippen molar-refractivity contribution in [1.29, 1.82) is 0 Å². The van der Waals surface area contributed by atoms with Crippen molar-refractivity contribution in [2.45, 2.75) is 24.3 Å². The Bertz CT molecular complexity index is 733. The van der Waals surface area contributed by atoms with Crippen LogP contribution in [0.3, 0.4) is 0 Å². The lowest BCUT2D eigenvalue weighted by molar-refractivity contribution is 0.0772. The fraction of sp³-hybridized carbons (Fsp3) is 0.588. The number of amides is 1. The number of sulfone groups is 1. The summed E-state index contributed by atoms with van der Waals surface area (Å²) in [7, 11) is -3.31. The van der Waals surface area contributed by atoms with Crippen molar-refractivity contribution in [2.24, 2.45) is 0 Å². The molecule has 3 rings (SSSR count). The SMILES string of the molecule is Cc1ccc(S(C)(=O)=O)cc1C(=O)N1CCC(N2CCNCC2)C1.Cl. The number of rotatable bonds is 3. The second-order valence-electron chi connectivity index (χ2n) is 6.73. The minimum Gasteiger partial charge on any atom is -0.337 e. The molecule has 0 saturated carbocycles. The lowest BCUT2D eigenvalue weighted by Crippen LogP contribution is -2.49. The first kappa shape index (κ1) is 20.2. The van der Waals surface area contributed by atoms with E-state index in [1.54, 1.807) is 12.1 Å². The summed E-state index contributed by atoms with van der Waals surface area (Å²) in [4.78, 5) is 17.4.